The molecule has 4 nitrogen and oxygen atoms in total. The molecule has 0 aliphatic rings. The highest BCUT2D eigenvalue weighted by atomic mass is 35.5. The first-order valence-corrected chi connectivity index (χ1v) is 7.98. The minimum absolute atomic E-state index is 0.307. The Morgan fingerprint density at radius 3 is 2.20 bits per heavy atom. The Morgan fingerprint density at radius 2 is 1.64 bits per heavy atom. The van der Waals surface area contributed by atoms with Crippen molar-refractivity contribution in [2.45, 2.75) is 19.9 Å². The highest BCUT2D eigenvalue weighted by molar-refractivity contribution is 6.30. The van der Waals surface area contributed by atoms with Crippen LogP contribution < -0.4 is 10.6 Å². The van der Waals surface area contributed by atoms with E-state index in [1.54, 1.807) is 38.1 Å². The highest BCUT2D eigenvalue weighted by Crippen LogP contribution is 2.17. The summed E-state index contributed by atoms with van der Waals surface area (Å²) in [5, 5.41) is 5.45. The summed E-state index contributed by atoms with van der Waals surface area (Å²) in [5.41, 5.74) is -0.266. The SMILES string of the molecule is CC(C)C(NC(=O)c1c(F)cccc1F)C(=O)Nc1cccc(Cl)c1. The van der Waals surface area contributed by atoms with E-state index < -0.39 is 35.1 Å². The number of benzene rings is 2. The quantitative estimate of drug-likeness (QED) is 0.840. The van der Waals surface area contributed by atoms with E-state index in [1.807, 2.05) is 0 Å². The Hall–Kier alpha value is -2.47. The Labute approximate surface area is 149 Å². The van der Waals surface area contributed by atoms with Crippen molar-refractivity contribution in [1.29, 1.82) is 0 Å². The predicted molar refractivity (Wildman–Crippen MR) is 92.5 cm³/mol. The minimum atomic E-state index is -0.991. The van der Waals surface area contributed by atoms with E-state index in [0.29, 0.717) is 10.7 Å². The molecule has 132 valence electrons. The van der Waals surface area contributed by atoms with Gasteiger partial charge in [0.15, 0.2) is 0 Å². The lowest BCUT2D eigenvalue weighted by Gasteiger charge is -2.22. The molecule has 1 unspecified atom stereocenters. The number of anilines is 1. The fourth-order valence-electron chi connectivity index (χ4n) is 2.25. The van der Waals surface area contributed by atoms with Gasteiger partial charge in [-0.3, -0.25) is 9.59 Å². The van der Waals surface area contributed by atoms with Crippen LogP contribution in [-0.4, -0.2) is 17.9 Å². The maximum Gasteiger partial charge on any atom is 0.257 e. The molecule has 0 bridgehead atoms. The first-order valence-electron chi connectivity index (χ1n) is 7.61. The van der Waals surface area contributed by atoms with Crippen LogP contribution in [0.5, 0.6) is 0 Å². The highest BCUT2D eigenvalue weighted by Gasteiger charge is 2.27. The molecule has 0 aliphatic heterocycles. The lowest BCUT2D eigenvalue weighted by atomic mass is 10.0. The van der Waals surface area contributed by atoms with Crippen LogP contribution in [0.4, 0.5) is 14.5 Å². The fraction of sp³-hybridized carbons (Fsp3) is 0.222. The summed E-state index contributed by atoms with van der Waals surface area (Å²) in [6.45, 7) is 3.42. The van der Waals surface area contributed by atoms with Gasteiger partial charge in [-0.25, -0.2) is 8.78 Å². The second-order valence-electron chi connectivity index (χ2n) is 5.79. The molecule has 0 aliphatic carbocycles. The molecule has 25 heavy (non-hydrogen) atoms. The Kier molecular flexibility index (Phi) is 6.09. The van der Waals surface area contributed by atoms with Crippen molar-refractivity contribution in [3.05, 3.63) is 64.7 Å². The number of halogens is 3. The van der Waals surface area contributed by atoms with Crippen LogP contribution in [0, 0.1) is 17.6 Å². The van der Waals surface area contributed by atoms with Crippen LogP contribution in [0.15, 0.2) is 42.5 Å². The minimum Gasteiger partial charge on any atom is -0.340 e. The van der Waals surface area contributed by atoms with Gasteiger partial charge in [-0.2, -0.15) is 0 Å². The number of carbonyl (C=O) groups is 2. The lowest BCUT2D eigenvalue weighted by Crippen LogP contribution is -2.47. The van der Waals surface area contributed by atoms with E-state index in [9.17, 15) is 18.4 Å². The van der Waals surface area contributed by atoms with Crippen LogP contribution >= 0.6 is 11.6 Å². The Bertz CT molecular complexity index is 776. The van der Waals surface area contributed by atoms with Crippen molar-refractivity contribution in [3.8, 4) is 0 Å². The molecule has 2 rings (SSSR count). The van der Waals surface area contributed by atoms with Crippen molar-refractivity contribution < 1.29 is 18.4 Å². The lowest BCUT2D eigenvalue weighted by molar-refractivity contribution is -0.118. The van der Waals surface area contributed by atoms with Crippen LogP contribution in [-0.2, 0) is 4.79 Å². The smallest absolute Gasteiger partial charge is 0.257 e. The standard InChI is InChI=1S/C18H17ClF2N2O2/c1-10(2)16(18(25)22-12-6-3-5-11(19)9-12)23-17(24)15-13(20)7-4-8-14(15)21/h3-10,16H,1-2H3,(H,22,25)(H,23,24). The molecule has 0 spiro atoms. The maximum absolute atomic E-state index is 13.7. The molecule has 0 heterocycles. The summed E-state index contributed by atoms with van der Waals surface area (Å²) in [4.78, 5) is 24.7. The van der Waals surface area contributed by atoms with E-state index in [1.165, 1.54) is 0 Å². The summed E-state index contributed by atoms with van der Waals surface area (Å²) in [7, 11) is 0. The molecule has 2 aromatic carbocycles. The summed E-state index contributed by atoms with van der Waals surface area (Å²) < 4.78 is 27.5. The summed E-state index contributed by atoms with van der Waals surface area (Å²) in [6, 6.07) is 8.64. The van der Waals surface area contributed by atoms with E-state index in [0.717, 1.165) is 18.2 Å². The number of amides is 2. The maximum atomic E-state index is 13.7. The first kappa shape index (κ1) is 18.9. The molecule has 0 saturated carbocycles. The van der Waals surface area contributed by atoms with Gasteiger partial charge in [0.05, 0.1) is 0 Å². The molecule has 2 aromatic rings. The van der Waals surface area contributed by atoms with Gasteiger partial charge in [0.1, 0.15) is 23.2 Å². The number of rotatable bonds is 5. The third-order valence-electron chi connectivity index (χ3n) is 3.52. The third kappa shape index (κ3) is 4.76. The van der Waals surface area contributed by atoms with E-state index in [-0.39, 0.29) is 5.92 Å². The van der Waals surface area contributed by atoms with E-state index >= 15 is 0 Å². The number of hydrogen-bond donors (Lipinski definition) is 2. The number of nitrogens with one attached hydrogen (secondary N) is 2. The zero-order chi connectivity index (χ0) is 18.6. The van der Waals surface area contributed by atoms with Crippen molar-refractivity contribution in [1.82, 2.24) is 5.32 Å². The van der Waals surface area contributed by atoms with Crippen molar-refractivity contribution in [2.24, 2.45) is 5.92 Å². The third-order valence-corrected chi connectivity index (χ3v) is 3.75. The van der Waals surface area contributed by atoms with Gasteiger partial charge >= 0.3 is 0 Å². The number of carbonyl (C=O) groups excluding carboxylic acids is 2. The topological polar surface area (TPSA) is 58.2 Å². The molecule has 0 saturated heterocycles. The summed E-state index contributed by atoms with van der Waals surface area (Å²) in [6.07, 6.45) is 0. The van der Waals surface area contributed by atoms with Crippen molar-refractivity contribution in [3.63, 3.8) is 0 Å². The van der Waals surface area contributed by atoms with Crippen LogP contribution in [0.3, 0.4) is 0 Å². The molecule has 0 radical (unpaired) electrons. The fourth-order valence-corrected chi connectivity index (χ4v) is 2.44. The second kappa shape index (κ2) is 8.07. The Balaban J connectivity index is 2.18. The van der Waals surface area contributed by atoms with Gasteiger partial charge in [-0.15, -0.1) is 0 Å². The molecule has 0 fully saturated rings. The van der Waals surface area contributed by atoms with Gasteiger partial charge in [-0.05, 0) is 36.2 Å². The zero-order valence-corrected chi connectivity index (χ0v) is 14.4. The molecule has 1 atom stereocenters. The molecular formula is C18H17ClF2N2O2. The van der Waals surface area contributed by atoms with Crippen molar-refractivity contribution in [2.75, 3.05) is 5.32 Å². The molecule has 7 heteroatoms. The normalized spacial score (nSPS) is 11.9. The molecule has 2 amide bonds. The van der Waals surface area contributed by atoms with Crippen LogP contribution in [0.2, 0.25) is 5.02 Å². The first-order chi connectivity index (χ1) is 11.8. The van der Waals surface area contributed by atoms with Crippen LogP contribution in [0.1, 0.15) is 24.2 Å². The van der Waals surface area contributed by atoms with Gasteiger partial charge in [-0.1, -0.05) is 37.6 Å². The zero-order valence-electron chi connectivity index (χ0n) is 13.6. The average molecular weight is 367 g/mol. The van der Waals surface area contributed by atoms with Gasteiger partial charge in [0.2, 0.25) is 5.91 Å². The average Bonchev–Trinajstić information content (AvgIpc) is 2.52. The number of hydrogen-bond acceptors (Lipinski definition) is 2. The molecular weight excluding hydrogens is 350 g/mol. The van der Waals surface area contributed by atoms with E-state index in [4.69, 9.17) is 11.6 Å². The summed E-state index contributed by atoms with van der Waals surface area (Å²) in [5.74, 6) is -3.79. The predicted octanol–water partition coefficient (Wildman–Crippen LogP) is 4.01. The van der Waals surface area contributed by atoms with Gasteiger partial charge in [0.25, 0.3) is 5.91 Å². The van der Waals surface area contributed by atoms with Gasteiger partial charge < -0.3 is 10.6 Å². The van der Waals surface area contributed by atoms with Crippen molar-refractivity contribution >= 4 is 29.1 Å². The Morgan fingerprint density at radius 1 is 1.04 bits per heavy atom. The molecule has 2 N–H and O–H groups in total. The van der Waals surface area contributed by atoms with Crippen LogP contribution in [0.25, 0.3) is 0 Å². The van der Waals surface area contributed by atoms with E-state index in [2.05, 4.69) is 10.6 Å². The summed E-state index contributed by atoms with van der Waals surface area (Å²) >= 11 is 5.87. The molecule has 0 aromatic heterocycles. The largest absolute Gasteiger partial charge is 0.340 e. The second-order valence-corrected chi connectivity index (χ2v) is 6.23. The monoisotopic (exact) mass is 366 g/mol. The van der Waals surface area contributed by atoms with Gasteiger partial charge in [0, 0.05) is 10.7 Å².